The lowest BCUT2D eigenvalue weighted by Gasteiger charge is -2.19. The number of benzene rings is 1. The average Bonchev–Trinajstić information content (AvgIpc) is 2.99. The molecule has 1 aromatic carbocycles. The molecule has 0 spiro atoms. The number of nitrogens with one attached hydrogen (secondary N) is 1. The minimum Gasteiger partial charge on any atom is -0.469 e. The van der Waals surface area contributed by atoms with Gasteiger partial charge in [-0.05, 0) is 17.7 Å². The molecule has 116 valence electrons. The van der Waals surface area contributed by atoms with E-state index in [0.29, 0.717) is 10.6 Å². The van der Waals surface area contributed by atoms with Gasteiger partial charge in [-0.25, -0.2) is 0 Å². The van der Waals surface area contributed by atoms with E-state index >= 15 is 0 Å². The SMILES string of the molecule is COC(=O)C[C@H](NC(=O)Cn1cccn1)c1ccccc1Cl. The first-order valence-corrected chi connectivity index (χ1v) is 7.06. The van der Waals surface area contributed by atoms with E-state index in [4.69, 9.17) is 11.6 Å². The molecule has 0 unspecified atom stereocenters. The Morgan fingerprint density at radius 1 is 1.36 bits per heavy atom. The first-order valence-electron chi connectivity index (χ1n) is 6.68. The molecular weight excluding hydrogens is 306 g/mol. The van der Waals surface area contributed by atoms with Crippen molar-refractivity contribution in [1.82, 2.24) is 15.1 Å². The smallest absolute Gasteiger partial charge is 0.307 e. The molecule has 6 nitrogen and oxygen atoms in total. The third kappa shape index (κ3) is 4.33. The number of hydrogen-bond donors (Lipinski definition) is 1. The van der Waals surface area contributed by atoms with Crippen LogP contribution >= 0.6 is 11.6 Å². The summed E-state index contributed by atoms with van der Waals surface area (Å²) in [5.74, 6) is -0.693. The molecule has 7 heteroatoms. The third-order valence-electron chi connectivity index (χ3n) is 3.08. The van der Waals surface area contributed by atoms with Gasteiger partial charge in [-0.1, -0.05) is 29.8 Å². The molecule has 0 fully saturated rings. The van der Waals surface area contributed by atoms with Crippen LogP contribution in [0.5, 0.6) is 0 Å². The van der Waals surface area contributed by atoms with Crippen LogP contribution in [0.25, 0.3) is 0 Å². The third-order valence-corrected chi connectivity index (χ3v) is 3.42. The Balaban J connectivity index is 2.12. The van der Waals surface area contributed by atoms with Crippen molar-refractivity contribution in [3.8, 4) is 0 Å². The zero-order valence-electron chi connectivity index (χ0n) is 12.0. The number of aromatic nitrogens is 2. The summed E-state index contributed by atoms with van der Waals surface area (Å²) >= 11 is 6.15. The molecular formula is C15H16ClN3O3. The molecule has 0 saturated heterocycles. The summed E-state index contributed by atoms with van der Waals surface area (Å²) in [5.41, 5.74) is 0.670. The predicted molar refractivity (Wildman–Crippen MR) is 81.2 cm³/mol. The number of methoxy groups -OCH3 is 1. The first-order chi connectivity index (χ1) is 10.6. The maximum absolute atomic E-state index is 12.1. The van der Waals surface area contributed by atoms with Crippen molar-refractivity contribution in [2.75, 3.05) is 7.11 Å². The van der Waals surface area contributed by atoms with Gasteiger partial charge < -0.3 is 10.1 Å². The lowest BCUT2D eigenvalue weighted by molar-refractivity contribution is -0.141. The predicted octanol–water partition coefficient (Wildman–Crippen LogP) is 1.96. The summed E-state index contributed by atoms with van der Waals surface area (Å²) in [6.07, 6.45) is 3.28. The maximum atomic E-state index is 12.1. The van der Waals surface area contributed by atoms with Crippen molar-refractivity contribution >= 4 is 23.5 Å². The van der Waals surface area contributed by atoms with Crippen LogP contribution < -0.4 is 5.32 Å². The summed E-state index contributed by atoms with van der Waals surface area (Å²) in [7, 11) is 1.30. The summed E-state index contributed by atoms with van der Waals surface area (Å²) in [4.78, 5) is 23.7. The molecule has 1 heterocycles. The maximum Gasteiger partial charge on any atom is 0.307 e. The highest BCUT2D eigenvalue weighted by atomic mass is 35.5. The second-order valence-electron chi connectivity index (χ2n) is 4.63. The van der Waals surface area contributed by atoms with Gasteiger partial charge in [-0.2, -0.15) is 5.10 Å². The lowest BCUT2D eigenvalue weighted by Crippen LogP contribution is -2.33. The van der Waals surface area contributed by atoms with Crippen LogP contribution in [-0.2, 0) is 20.9 Å². The normalized spacial score (nSPS) is 11.7. The minimum absolute atomic E-state index is 0.00504. The van der Waals surface area contributed by atoms with E-state index in [-0.39, 0.29) is 18.9 Å². The molecule has 1 N–H and O–H groups in total. The Labute approximate surface area is 133 Å². The van der Waals surface area contributed by atoms with Crippen LogP contribution in [0.1, 0.15) is 18.0 Å². The van der Waals surface area contributed by atoms with E-state index in [2.05, 4.69) is 15.2 Å². The van der Waals surface area contributed by atoms with Crippen LogP contribution in [0.2, 0.25) is 5.02 Å². The van der Waals surface area contributed by atoms with Gasteiger partial charge in [-0.15, -0.1) is 0 Å². The fraction of sp³-hybridized carbons (Fsp3) is 0.267. The van der Waals surface area contributed by atoms with Crippen molar-refractivity contribution in [3.63, 3.8) is 0 Å². The molecule has 1 atom stereocenters. The molecule has 0 aliphatic heterocycles. The summed E-state index contributed by atoms with van der Waals surface area (Å²) in [6.45, 7) is 0.0646. The summed E-state index contributed by atoms with van der Waals surface area (Å²) in [6, 6.07) is 8.24. The second kappa shape index (κ2) is 7.61. The van der Waals surface area contributed by atoms with E-state index in [0.717, 1.165) is 0 Å². The van der Waals surface area contributed by atoms with Gasteiger partial charge in [-0.3, -0.25) is 14.3 Å². The van der Waals surface area contributed by atoms with Crippen molar-refractivity contribution in [3.05, 3.63) is 53.3 Å². The Kier molecular flexibility index (Phi) is 5.55. The van der Waals surface area contributed by atoms with Crippen LogP contribution in [0, 0.1) is 0 Å². The van der Waals surface area contributed by atoms with Crippen LogP contribution in [0.15, 0.2) is 42.7 Å². The molecule has 0 aliphatic carbocycles. The molecule has 0 bridgehead atoms. The van der Waals surface area contributed by atoms with E-state index < -0.39 is 12.0 Å². The Morgan fingerprint density at radius 3 is 2.77 bits per heavy atom. The fourth-order valence-corrected chi connectivity index (χ4v) is 2.29. The summed E-state index contributed by atoms with van der Waals surface area (Å²) in [5, 5.41) is 7.24. The van der Waals surface area contributed by atoms with E-state index in [1.54, 1.807) is 42.7 Å². The lowest BCUT2D eigenvalue weighted by atomic mass is 10.0. The molecule has 0 aliphatic rings. The van der Waals surface area contributed by atoms with Crippen LogP contribution in [0.3, 0.4) is 0 Å². The van der Waals surface area contributed by atoms with Crippen LogP contribution in [-0.4, -0.2) is 28.8 Å². The van der Waals surface area contributed by atoms with Crippen molar-refractivity contribution in [2.24, 2.45) is 0 Å². The van der Waals surface area contributed by atoms with E-state index in [1.165, 1.54) is 11.8 Å². The number of carbonyl (C=O) groups excluding carboxylic acids is 2. The van der Waals surface area contributed by atoms with Crippen molar-refractivity contribution in [2.45, 2.75) is 19.0 Å². The van der Waals surface area contributed by atoms with Gasteiger partial charge in [0.25, 0.3) is 0 Å². The standard InChI is InChI=1S/C15H16ClN3O3/c1-22-15(21)9-13(11-5-2-3-6-12(11)16)18-14(20)10-19-8-4-7-17-19/h2-8,13H,9-10H2,1H3,(H,18,20)/t13-/m0/s1. The number of amides is 1. The highest BCUT2D eigenvalue weighted by molar-refractivity contribution is 6.31. The minimum atomic E-state index is -0.552. The van der Waals surface area contributed by atoms with Gasteiger partial charge in [0.1, 0.15) is 6.54 Å². The van der Waals surface area contributed by atoms with Crippen LogP contribution in [0.4, 0.5) is 0 Å². The number of hydrogen-bond acceptors (Lipinski definition) is 4. The van der Waals surface area contributed by atoms with Crippen molar-refractivity contribution < 1.29 is 14.3 Å². The molecule has 1 amide bonds. The quantitative estimate of drug-likeness (QED) is 0.825. The number of rotatable bonds is 6. The first kappa shape index (κ1) is 16.0. The highest BCUT2D eigenvalue weighted by Gasteiger charge is 2.21. The number of carbonyl (C=O) groups is 2. The number of nitrogens with zero attached hydrogens (tertiary/aromatic N) is 2. The topological polar surface area (TPSA) is 73.2 Å². The molecule has 0 radical (unpaired) electrons. The van der Waals surface area contributed by atoms with E-state index in [9.17, 15) is 9.59 Å². The monoisotopic (exact) mass is 321 g/mol. The Hall–Kier alpha value is -2.34. The van der Waals surface area contributed by atoms with Gasteiger partial charge in [0.2, 0.25) is 5.91 Å². The molecule has 2 rings (SSSR count). The average molecular weight is 322 g/mol. The molecule has 1 aromatic heterocycles. The van der Waals surface area contributed by atoms with Gasteiger partial charge in [0, 0.05) is 17.4 Å². The molecule has 0 saturated carbocycles. The highest BCUT2D eigenvalue weighted by Crippen LogP contribution is 2.25. The zero-order valence-corrected chi connectivity index (χ0v) is 12.8. The zero-order chi connectivity index (χ0) is 15.9. The summed E-state index contributed by atoms with van der Waals surface area (Å²) < 4.78 is 6.18. The second-order valence-corrected chi connectivity index (χ2v) is 5.03. The largest absolute Gasteiger partial charge is 0.469 e. The Morgan fingerprint density at radius 2 is 2.14 bits per heavy atom. The van der Waals surface area contributed by atoms with Crippen molar-refractivity contribution in [1.29, 1.82) is 0 Å². The molecule has 22 heavy (non-hydrogen) atoms. The number of esters is 1. The Bertz CT molecular complexity index is 643. The van der Waals surface area contributed by atoms with E-state index in [1.807, 2.05) is 0 Å². The number of halogens is 1. The fourth-order valence-electron chi connectivity index (χ4n) is 2.03. The molecule has 2 aromatic rings. The van der Waals surface area contributed by atoms with Gasteiger partial charge >= 0.3 is 5.97 Å². The van der Waals surface area contributed by atoms with Gasteiger partial charge in [0.05, 0.1) is 19.6 Å². The van der Waals surface area contributed by atoms with Gasteiger partial charge in [0.15, 0.2) is 0 Å². The number of ether oxygens (including phenoxy) is 1.